The summed E-state index contributed by atoms with van der Waals surface area (Å²) in [6.07, 6.45) is 0. The normalized spacial score (nSPS) is 11.1. The number of benzene rings is 5. The van der Waals surface area contributed by atoms with Crippen LogP contribution in [0, 0.1) is 0 Å². The third-order valence-electron chi connectivity index (χ3n) is 5.08. The highest BCUT2D eigenvalue weighted by atomic mass is 16.5. The molecule has 0 bridgehead atoms. The summed E-state index contributed by atoms with van der Waals surface area (Å²) in [4.78, 5) is 0. The molecule has 127 valence electrons. The van der Waals surface area contributed by atoms with E-state index in [4.69, 9.17) is 9.68 Å². The Morgan fingerprint density at radius 2 is 1.37 bits per heavy atom. The van der Waals surface area contributed by atoms with Crippen molar-refractivity contribution in [3.05, 3.63) is 91.0 Å². The highest BCUT2D eigenvalue weighted by Gasteiger charge is 2.12. The molecule has 1 N–H and O–H groups in total. The van der Waals surface area contributed by atoms with Crippen LogP contribution in [0.5, 0.6) is 5.75 Å². The summed E-state index contributed by atoms with van der Waals surface area (Å²) < 4.78 is 5.19. The molecular weight excluding hydrogens is 331 g/mol. The maximum atomic E-state index is 9.00. The zero-order valence-electron chi connectivity index (χ0n) is 14.6. The van der Waals surface area contributed by atoms with Gasteiger partial charge in [0.2, 0.25) is 0 Å². The van der Waals surface area contributed by atoms with Gasteiger partial charge in [0.25, 0.3) is 0 Å². The van der Waals surface area contributed by atoms with Gasteiger partial charge in [0.05, 0.1) is 0 Å². The molecule has 1 radical (unpaired) electrons. The van der Waals surface area contributed by atoms with Gasteiger partial charge in [-0.25, -0.2) is 0 Å². The second kappa shape index (κ2) is 6.46. The van der Waals surface area contributed by atoms with E-state index in [1.165, 1.54) is 37.9 Å². The molecule has 5 aromatic carbocycles. The Kier molecular flexibility index (Phi) is 3.81. The van der Waals surface area contributed by atoms with Crippen molar-refractivity contribution in [1.29, 1.82) is 0 Å². The van der Waals surface area contributed by atoms with Crippen LogP contribution in [0.2, 0.25) is 0 Å². The van der Waals surface area contributed by atoms with Crippen molar-refractivity contribution in [2.75, 3.05) is 0 Å². The van der Waals surface area contributed by atoms with Gasteiger partial charge in [-0.3, -0.25) is 0 Å². The van der Waals surface area contributed by atoms with Crippen molar-refractivity contribution in [2.24, 2.45) is 0 Å². The van der Waals surface area contributed by atoms with Crippen LogP contribution in [0.25, 0.3) is 43.4 Å². The second-order valence-electron chi connectivity index (χ2n) is 6.61. The first kappa shape index (κ1) is 15.9. The second-order valence-corrected chi connectivity index (χ2v) is 6.61. The van der Waals surface area contributed by atoms with Crippen LogP contribution < -0.4 is 4.65 Å². The van der Waals surface area contributed by atoms with Crippen LogP contribution in [-0.4, -0.2) is 12.7 Å². The van der Waals surface area contributed by atoms with Gasteiger partial charge >= 0.3 is 7.69 Å². The van der Waals surface area contributed by atoms with Gasteiger partial charge < -0.3 is 9.68 Å². The molecule has 5 rings (SSSR count). The van der Waals surface area contributed by atoms with Crippen LogP contribution >= 0.6 is 0 Å². The summed E-state index contributed by atoms with van der Waals surface area (Å²) in [5.74, 6) is 0.608. The fourth-order valence-electron chi connectivity index (χ4n) is 3.92. The van der Waals surface area contributed by atoms with Gasteiger partial charge in [0.1, 0.15) is 5.75 Å². The Bertz CT molecular complexity index is 1290. The lowest BCUT2D eigenvalue weighted by Crippen LogP contribution is -1.99. The van der Waals surface area contributed by atoms with Gasteiger partial charge in [-0.1, -0.05) is 72.8 Å². The maximum Gasteiger partial charge on any atom is 0.569 e. The minimum atomic E-state index is 0.608. The van der Waals surface area contributed by atoms with E-state index >= 15 is 0 Å². The summed E-state index contributed by atoms with van der Waals surface area (Å²) in [6, 6.07) is 31.4. The molecule has 0 aliphatic heterocycles. The lowest BCUT2D eigenvalue weighted by Gasteiger charge is -2.14. The van der Waals surface area contributed by atoms with Gasteiger partial charge in [0, 0.05) is 0 Å². The van der Waals surface area contributed by atoms with Gasteiger partial charge in [-0.05, 0) is 61.6 Å². The van der Waals surface area contributed by atoms with Crippen molar-refractivity contribution in [2.45, 2.75) is 0 Å². The third-order valence-corrected chi connectivity index (χ3v) is 5.08. The van der Waals surface area contributed by atoms with Crippen molar-refractivity contribution in [1.82, 2.24) is 0 Å². The largest absolute Gasteiger partial charge is 0.569 e. The van der Waals surface area contributed by atoms with Gasteiger partial charge in [-0.15, -0.1) is 0 Å². The molecule has 5 aromatic rings. The molecule has 0 heterocycles. The Hall–Kier alpha value is -3.30. The average molecular weight is 347 g/mol. The molecular formula is C24H16BO2. The zero-order valence-corrected chi connectivity index (χ0v) is 14.6. The van der Waals surface area contributed by atoms with E-state index in [2.05, 4.69) is 72.8 Å². The molecule has 0 fully saturated rings. The molecule has 0 unspecified atom stereocenters. The molecule has 0 aliphatic rings. The quantitative estimate of drug-likeness (QED) is 0.257. The number of hydrogen-bond acceptors (Lipinski definition) is 2. The van der Waals surface area contributed by atoms with Crippen LogP contribution in [0.15, 0.2) is 91.0 Å². The van der Waals surface area contributed by atoms with E-state index in [9.17, 15) is 0 Å². The fraction of sp³-hybridized carbons (Fsp3) is 0. The first-order chi connectivity index (χ1) is 13.3. The lowest BCUT2D eigenvalue weighted by atomic mass is 9.90. The average Bonchev–Trinajstić information content (AvgIpc) is 2.72. The molecule has 0 amide bonds. The number of hydrogen-bond donors (Lipinski definition) is 1. The molecule has 0 spiro atoms. The minimum absolute atomic E-state index is 0.608. The Morgan fingerprint density at radius 3 is 2.22 bits per heavy atom. The summed E-state index contributed by atoms with van der Waals surface area (Å²) >= 11 is 0. The minimum Gasteiger partial charge on any atom is -0.537 e. The van der Waals surface area contributed by atoms with E-state index in [0.29, 0.717) is 13.4 Å². The standard InChI is InChI=1S/C24H16BO2/c26-25-27-19-9-5-8-18(14-19)24-21-11-4-2-7-17(21)15-23-20-10-3-1-6-16(20)12-13-22(23)24/h1-15,26H. The molecule has 0 atom stereocenters. The molecule has 0 aromatic heterocycles. The van der Waals surface area contributed by atoms with Crippen LogP contribution in [0.4, 0.5) is 0 Å². The third kappa shape index (κ3) is 2.64. The first-order valence-corrected chi connectivity index (χ1v) is 8.91. The Morgan fingerprint density at radius 1 is 0.593 bits per heavy atom. The molecule has 0 saturated carbocycles. The highest BCUT2D eigenvalue weighted by Crippen LogP contribution is 2.39. The maximum absolute atomic E-state index is 9.00. The van der Waals surface area contributed by atoms with Crippen LogP contribution in [-0.2, 0) is 0 Å². The SMILES string of the molecule is O[B]Oc1cccc(-c2c3ccccc3cc3c2ccc2ccccc23)c1. The zero-order chi connectivity index (χ0) is 18.2. The summed E-state index contributed by atoms with van der Waals surface area (Å²) in [5.41, 5.74) is 2.24. The van der Waals surface area contributed by atoms with E-state index in [-0.39, 0.29) is 0 Å². The highest BCUT2D eigenvalue weighted by molar-refractivity contribution is 6.20. The molecule has 3 heteroatoms. The molecule has 27 heavy (non-hydrogen) atoms. The molecule has 0 saturated heterocycles. The summed E-state index contributed by atoms with van der Waals surface area (Å²) in [6.45, 7) is 0. The fourth-order valence-corrected chi connectivity index (χ4v) is 3.92. The topological polar surface area (TPSA) is 29.5 Å². The van der Waals surface area contributed by atoms with Crippen LogP contribution in [0.3, 0.4) is 0 Å². The predicted molar refractivity (Wildman–Crippen MR) is 113 cm³/mol. The lowest BCUT2D eigenvalue weighted by molar-refractivity contribution is 0.454. The van der Waals surface area contributed by atoms with E-state index in [1.807, 2.05) is 18.2 Å². The van der Waals surface area contributed by atoms with E-state index < -0.39 is 0 Å². The predicted octanol–water partition coefficient (Wildman–Crippen LogP) is 5.72. The summed E-state index contributed by atoms with van der Waals surface area (Å²) in [7, 11) is 0.716. The molecule has 2 nitrogen and oxygen atoms in total. The number of rotatable bonds is 3. The van der Waals surface area contributed by atoms with Gasteiger partial charge in [0.15, 0.2) is 0 Å². The monoisotopic (exact) mass is 347 g/mol. The van der Waals surface area contributed by atoms with Crippen LogP contribution in [0.1, 0.15) is 0 Å². The smallest absolute Gasteiger partial charge is 0.537 e. The van der Waals surface area contributed by atoms with E-state index in [1.54, 1.807) is 0 Å². The molecule has 0 aliphatic carbocycles. The first-order valence-electron chi connectivity index (χ1n) is 8.91. The Balaban J connectivity index is 1.93. The van der Waals surface area contributed by atoms with E-state index in [0.717, 1.165) is 5.56 Å². The van der Waals surface area contributed by atoms with Crippen molar-refractivity contribution >= 4 is 40.0 Å². The summed E-state index contributed by atoms with van der Waals surface area (Å²) in [5, 5.41) is 16.3. The number of fused-ring (bicyclic) bond motifs is 4. The van der Waals surface area contributed by atoms with Crippen molar-refractivity contribution < 1.29 is 9.68 Å². The van der Waals surface area contributed by atoms with Gasteiger partial charge in [-0.2, -0.15) is 0 Å². The Labute approximate surface area is 157 Å². The van der Waals surface area contributed by atoms with Crippen molar-refractivity contribution in [3.63, 3.8) is 0 Å². The van der Waals surface area contributed by atoms with Crippen molar-refractivity contribution in [3.8, 4) is 16.9 Å².